The molecule has 2 aromatic rings. The van der Waals surface area contributed by atoms with Crippen molar-refractivity contribution >= 4 is 29.9 Å². The van der Waals surface area contributed by atoms with Crippen LogP contribution in [0.25, 0.3) is 0 Å². The van der Waals surface area contributed by atoms with Gasteiger partial charge in [-0.15, -0.1) is 24.0 Å². The lowest BCUT2D eigenvalue weighted by Gasteiger charge is -2.23. The molecule has 8 heteroatoms. The quantitative estimate of drug-likeness (QED) is 0.401. The first-order valence-corrected chi connectivity index (χ1v) is 8.91. The van der Waals surface area contributed by atoms with Gasteiger partial charge in [0.15, 0.2) is 5.96 Å². The topological polar surface area (TPSA) is 54.7 Å². The summed E-state index contributed by atoms with van der Waals surface area (Å²) in [5.41, 5.74) is 1.28. The van der Waals surface area contributed by atoms with Gasteiger partial charge in [-0.3, -0.25) is 9.67 Å². The van der Waals surface area contributed by atoms with E-state index in [1.807, 2.05) is 24.9 Å². The Morgan fingerprint density at radius 1 is 1.41 bits per heavy atom. The van der Waals surface area contributed by atoms with Crippen LogP contribution in [0, 0.1) is 5.82 Å². The maximum Gasteiger partial charge on any atom is 0.193 e. The lowest BCUT2D eigenvalue weighted by Crippen LogP contribution is -2.43. The molecule has 2 unspecified atom stereocenters. The summed E-state index contributed by atoms with van der Waals surface area (Å²) in [4.78, 5) is 6.67. The summed E-state index contributed by atoms with van der Waals surface area (Å²) >= 11 is 0. The number of aromatic nitrogens is 2. The fourth-order valence-electron chi connectivity index (χ4n) is 3.23. The van der Waals surface area contributed by atoms with Crippen molar-refractivity contribution in [1.82, 2.24) is 20.0 Å². The highest BCUT2D eigenvalue weighted by Crippen LogP contribution is 2.26. The number of aliphatic imine (C=N–C) groups is 1. The molecule has 1 aromatic carbocycles. The summed E-state index contributed by atoms with van der Waals surface area (Å²) in [7, 11) is 3.74. The van der Waals surface area contributed by atoms with Crippen molar-refractivity contribution in [2.24, 2.45) is 12.0 Å². The number of likely N-dealkylation sites (tertiary alicyclic amines) is 1. The summed E-state index contributed by atoms with van der Waals surface area (Å²) in [5.74, 6) is 1.76. The average Bonchev–Trinajstić information content (AvgIpc) is 3.27. The van der Waals surface area contributed by atoms with E-state index >= 15 is 0 Å². The lowest BCUT2D eigenvalue weighted by molar-refractivity contribution is 0.222. The molecular weight excluding hydrogens is 460 g/mol. The number of rotatable bonds is 5. The number of nitrogens with one attached hydrogen (secondary N) is 1. The molecule has 0 amide bonds. The van der Waals surface area contributed by atoms with Gasteiger partial charge in [-0.2, -0.15) is 5.10 Å². The fraction of sp³-hybridized carbons (Fsp3) is 0.474. The smallest absolute Gasteiger partial charge is 0.193 e. The first-order valence-electron chi connectivity index (χ1n) is 8.91. The molecule has 1 aromatic heterocycles. The average molecular weight is 487 g/mol. The third-order valence-corrected chi connectivity index (χ3v) is 4.59. The Labute approximate surface area is 176 Å². The Morgan fingerprint density at radius 2 is 2.15 bits per heavy atom. The van der Waals surface area contributed by atoms with Crippen molar-refractivity contribution in [2.75, 3.05) is 26.7 Å². The molecule has 0 aliphatic carbocycles. The monoisotopic (exact) mass is 487 g/mol. The molecule has 0 saturated carbocycles. The number of ether oxygens (including phenoxy) is 1. The van der Waals surface area contributed by atoms with Crippen LogP contribution in [0.5, 0.6) is 5.75 Å². The largest absolute Gasteiger partial charge is 0.489 e. The number of hydrogen-bond acceptors (Lipinski definition) is 3. The Morgan fingerprint density at radius 3 is 2.78 bits per heavy atom. The van der Waals surface area contributed by atoms with Gasteiger partial charge in [-0.1, -0.05) is 0 Å². The van der Waals surface area contributed by atoms with Crippen molar-refractivity contribution in [3.63, 3.8) is 0 Å². The van der Waals surface area contributed by atoms with E-state index in [-0.39, 0.29) is 35.9 Å². The zero-order valence-electron chi connectivity index (χ0n) is 15.9. The number of aryl methyl sites for hydroxylation is 1. The van der Waals surface area contributed by atoms with Crippen LogP contribution in [-0.2, 0) is 7.05 Å². The molecule has 27 heavy (non-hydrogen) atoms. The standard InChI is InChI=1S/C19H26FN5O.HI/c1-14(26-18-6-4-17(20)5-7-18)10-22-19(21-2)25-9-8-15(13-25)16-11-23-24(3)12-16;/h4-7,11-12,14-15H,8-10,13H2,1-3H3,(H,21,22);1H. The van der Waals surface area contributed by atoms with E-state index in [1.54, 1.807) is 19.2 Å². The van der Waals surface area contributed by atoms with Crippen LogP contribution in [0.3, 0.4) is 0 Å². The van der Waals surface area contributed by atoms with Crippen molar-refractivity contribution in [3.8, 4) is 5.75 Å². The summed E-state index contributed by atoms with van der Waals surface area (Å²) < 4.78 is 20.6. The predicted molar refractivity (Wildman–Crippen MR) is 115 cm³/mol. The van der Waals surface area contributed by atoms with Gasteiger partial charge in [0.2, 0.25) is 0 Å². The number of guanidine groups is 1. The second-order valence-electron chi connectivity index (χ2n) is 6.69. The molecule has 148 valence electrons. The van der Waals surface area contributed by atoms with E-state index in [4.69, 9.17) is 4.74 Å². The van der Waals surface area contributed by atoms with E-state index in [1.165, 1.54) is 17.7 Å². The van der Waals surface area contributed by atoms with E-state index in [9.17, 15) is 4.39 Å². The second kappa shape index (κ2) is 9.91. The Kier molecular flexibility index (Phi) is 7.88. The summed E-state index contributed by atoms with van der Waals surface area (Å²) in [6.07, 6.45) is 5.06. The van der Waals surface area contributed by atoms with Crippen LogP contribution in [0.4, 0.5) is 4.39 Å². The van der Waals surface area contributed by atoms with E-state index in [2.05, 4.69) is 26.5 Å². The molecule has 1 saturated heterocycles. The minimum Gasteiger partial charge on any atom is -0.489 e. The molecule has 2 heterocycles. The minimum absolute atomic E-state index is 0. The maximum absolute atomic E-state index is 13.0. The number of hydrogen-bond donors (Lipinski definition) is 1. The number of nitrogens with zero attached hydrogens (tertiary/aromatic N) is 4. The van der Waals surface area contributed by atoms with Gasteiger partial charge in [-0.25, -0.2) is 4.39 Å². The highest BCUT2D eigenvalue weighted by Gasteiger charge is 2.27. The summed E-state index contributed by atoms with van der Waals surface area (Å²) in [5, 5.41) is 7.64. The highest BCUT2D eigenvalue weighted by molar-refractivity contribution is 14.0. The Hall–Kier alpha value is -1.84. The van der Waals surface area contributed by atoms with Crippen LogP contribution in [0.1, 0.15) is 24.8 Å². The normalized spacial score (nSPS) is 18.1. The fourth-order valence-corrected chi connectivity index (χ4v) is 3.23. The molecule has 0 bridgehead atoms. The maximum atomic E-state index is 13.0. The minimum atomic E-state index is -0.263. The number of benzene rings is 1. The Balaban J connectivity index is 0.00000261. The summed E-state index contributed by atoms with van der Waals surface area (Å²) in [6, 6.07) is 6.08. The molecule has 1 fully saturated rings. The molecule has 1 aliphatic rings. The van der Waals surface area contributed by atoms with Gasteiger partial charge in [-0.05, 0) is 43.2 Å². The van der Waals surface area contributed by atoms with Crippen LogP contribution in [0.2, 0.25) is 0 Å². The first kappa shape index (κ1) is 21.5. The zero-order chi connectivity index (χ0) is 18.5. The van der Waals surface area contributed by atoms with Gasteiger partial charge >= 0.3 is 0 Å². The molecule has 3 rings (SSSR count). The number of halogens is 2. The summed E-state index contributed by atoms with van der Waals surface area (Å²) in [6.45, 7) is 4.50. The lowest BCUT2D eigenvalue weighted by atomic mass is 10.0. The van der Waals surface area contributed by atoms with Crippen molar-refractivity contribution in [2.45, 2.75) is 25.4 Å². The van der Waals surface area contributed by atoms with Gasteiger partial charge in [0, 0.05) is 39.3 Å². The molecule has 6 nitrogen and oxygen atoms in total. The molecule has 0 radical (unpaired) electrons. The van der Waals surface area contributed by atoms with Crippen molar-refractivity contribution in [3.05, 3.63) is 48.0 Å². The van der Waals surface area contributed by atoms with Crippen molar-refractivity contribution < 1.29 is 9.13 Å². The molecule has 1 N–H and O–H groups in total. The molecule has 2 atom stereocenters. The first-order chi connectivity index (χ1) is 12.5. The Bertz CT molecular complexity index is 749. The molecule has 1 aliphatic heterocycles. The van der Waals surface area contributed by atoms with E-state index in [0.717, 1.165) is 25.5 Å². The SMILES string of the molecule is CN=C(NCC(C)Oc1ccc(F)cc1)N1CCC(c2cnn(C)c2)C1.I. The van der Waals surface area contributed by atoms with Gasteiger partial charge < -0.3 is 15.0 Å². The van der Waals surface area contributed by atoms with Crippen LogP contribution >= 0.6 is 24.0 Å². The van der Waals surface area contributed by atoms with Crippen LogP contribution in [-0.4, -0.2) is 53.4 Å². The van der Waals surface area contributed by atoms with Crippen molar-refractivity contribution in [1.29, 1.82) is 0 Å². The third kappa shape index (κ3) is 5.82. The van der Waals surface area contributed by atoms with Gasteiger partial charge in [0.1, 0.15) is 17.7 Å². The van der Waals surface area contributed by atoms with Crippen LogP contribution in [0.15, 0.2) is 41.7 Å². The van der Waals surface area contributed by atoms with Crippen LogP contribution < -0.4 is 10.1 Å². The van der Waals surface area contributed by atoms with Gasteiger partial charge in [0.25, 0.3) is 0 Å². The third-order valence-electron chi connectivity index (χ3n) is 4.59. The highest BCUT2D eigenvalue weighted by atomic mass is 127. The van der Waals surface area contributed by atoms with E-state index < -0.39 is 0 Å². The predicted octanol–water partition coefficient (Wildman–Crippen LogP) is 3.01. The second-order valence-corrected chi connectivity index (χ2v) is 6.69. The van der Waals surface area contributed by atoms with Gasteiger partial charge in [0.05, 0.1) is 12.7 Å². The molecular formula is C19H27FIN5O. The molecule has 0 spiro atoms. The zero-order valence-corrected chi connectivity index (χ0v) is 18.3. The van der Waals surface area contributed by atoms with E-state index in [0.29, 0.717) is 18.2 Å².